The summed E-state index contributed by atoms with van der Waals surface area (Å²) >= 11 is 1.81. The zero-order valence-corrected chi connectivity index (χ0v) is 15.6. The highest BCUT2D eigenvalue weighted by atomic mass is 32.1. The summed E-state index contributed by atoms with van der Waals surface area (Å²) in [4.78, 5) is 14.3. The fraction of sp³-hybridized carbons (Fsp3) is 0.762. The average Bonchev–Trinajstić information content (AvgIpc) is 2.94. The van der Waals surface area contributed by atoms with Gasteiger partial charge in [0.1, 0.15) is 0 Å². The quantitative estimate of drug-likeness (QED) is 0.837. The van der Waals surface area contributed by atoms with Gasteiger partial charge in [-0.05, 0) is 92.4 Å². The van der Waals surface area contributed by atoms with Crippen molar-refractivity contribution in [3.63, 3.8) is 0 Å². The number of hydrogen-bond acceptors (Lipinski definition) is 2. The Bertz CT molecular complexity index is 626. The van der Waals surface area contributed by atoms with Crippen LogP contribution in [0, 0.1) is 29.1 Å². The molecule has 4 saturated carbocycles. The molecule has 0 radical (unpaired) electrons. The maximum absolute atomic E-state index is 12.8. The van der Waals surface area contributed by atoms with Crippen LogP contribution >= 0.6 is 11.3 Å². The van der Waals surface area contributed by atoms with Crippen molar-refractivity contribution < 1.29 is 4.79 Å². The van der Waals surface area contributed by atoms with Crippen molar-refractivity contribution in [1.82, 2.24) is 5.32 Å². The summed E-state index contributed by atoms with van der Waals surface area (Å²) < 4.78 is 0. The van der Waals surface area contributed by atoms with Gasteiger partial charge in [-0.2, -0.15) is 0 Å². The highest BCUT2D eigenvalue weighted by molar-refractivity contribution is 7.10. The number of amides is 1. The number of fused-ring (bicyclic) bond motifs is 1. The third kappa shape index (κ3) is 2.55. The van der Waals surface area contributed by atoms with Gasteiger partial charge < -0.3 is 5.32 Å². The second-order valence-electron chi connectivity index (χ2n) is 9.50. The minimum atomic E-state index is 0.206. The van der Waals surface area contributed by atoms with E-state index in [2.05, 4.69) is 17.6 Å². The lowest BCUT2D eigenvalue weighted by atomic mass is 9.49. The van der Waals surface area contributed by atoms with Crippen LogP contribution in [-0.2, 0) is 12.8 Å². The summed E-state index contributed by atoms with van der Waals surface area (Å²) in [5.41, 5.74) is 2.79. The molecule has 6 rings (SSSR count). The fourth-order valence-electron chi connectivity index (χ4n) is 6.74. The van der Waals surface area contributed by atoms with Crippen LogP contribution in [0.4, 0.5) is 0 Å². The molecule has 4 fully saturated rings. The first-order valence-corrected chi connectivity index (χ1v) is 10.9. The molecule has 1 N–H and O–H groups in total. The summed E-state index contributed by atoms with van der Waals surface area (Å²) in [5.74, 6) is 3.87. The van der Waals surface area contributed by atoms with Crippen LogP contribution in [0.5, 0.6) is 0 Å². The Balaban J connectivity index is 1.28. The first-order valence-electron chi connectivity index (χ1n) is 9.98. The lowest BCUT2D eigenvalue weighted by Gasteiger charge is -2.56. The number of rotatable bonds is 3. The maximum atomic E-state index is 12.8. The lowest BCUT2D eigenvalue weighted by molar-refractivity contribution is -0.0503. The molecule has 2 nitrogen and oxygen atoms in total. The van der Waals surface area contributed by atoms with Crippen molar-refractivity contribution in [3.8, 4) is 0 Å². The van der Waals surface area contributed by atoms with Crippen molar-refractivity contribution in [1.29, 1.82) is 0 Å². The second-order valence-corrected chi connectivity index (χ2v) is 10.5. The minimum Gasteiger partial charge on any atom is -0.351 e. The predicted octanol–water partition coefficient (Wildman–Crippen LogP) is 4.82. The zero-order chi connectivity index (χ0) is 16.3. The van der Waals surface area contributed by atoms with Gasteiger partial charge in [0.2, 0.25) is 0 Å². The van der Waals surface area contributed by atoms with E-state index in [0.717, 1.165) is 42.2 Å². The SMILES string of the molecule is C[C@@H]1CCc2c(C(=O)NCC34CC5CC(CC(C5)C3)C4)csc2C1. The lowest BCUT2D eigenvalue weighted by Crippen LogP contribution is -2.51. The van der Waals surface area contributed by atoms with Crippen LogP contribution in [0.2, 0.25) is 0 Å². The van der Waals surface area contributed by atoms with Gasteiger partial charge in [-0.1, -0.05) is 6.92 Å². The van der Waals surface area contributed by atoms with Crippen LogP contribution < -0.4 is 5.32 Å². The monoisotopic (exact) mass is 343 g/mol. The molecule has 4 bridgehead atoms. The van der Waals surface area contributed by atoms with Crippen molar-refractivity contribution >= 4 is 17.2 Å². The van der Waals surface area contributed by atoms with Gasteiger partial charge in [0.25, 0.3) is 5.91 Å². The molecule has 0 aliphatic heterocycles. The normalized spacial score (nSPS) is 39.7. The summed E-state index contributed by atoms with van der Waals surface area (Å²) in [6, 6.07) is 0. The van der Waals surface area contributed by atoms with Crippen LogP contribution in [0.15, 0.2) is 5.38 Å². The molecule has 0 saturated heterocycles. The van der Waals surface area contributed by atoms with Gasteiger partial charge in [-0.25, -0.2) is 0 Å². The van der Waals surface area contributed by atoms with Gasteiger partial charge in [-0.15, -0.1) is 11.3 Å². The molecule has 0 spiro atoms. The van der Waals surface area contributed by atoms with Crippen LogP contribution in [0.1, 0.15) is 72.7 Å². The van der Waals surface area contributed by atoms with Gasteiger partial charge in [0.05, 0.1) is 5.56 Å². The van der Waals surface area contributed by atoms with Crippen molar-refractivity contribution in [3.05, 3.63) is 21.4 Å². The van der Waals surface area contributed by atoms with Gasteiger partial charge in [0, 0.05) is 16.8 Å². The number of nitrogens with one attached hydrogen (secondary N) is 1. The molecule has 1 aromatic rings. The largest absolute Gasteiger partial charge is 0.351 e. The molecule has 1 atom stereocenters. The van der Waals surface area contributed by atoms with Crippen LogP contribution in [0.3, 0.4) is 0 Å². The van der Waals surface area contributed by atoms with Gasteiger partial charge in [-0.3, -0.25) is 4.79 Å². The Morgan fingerprint density at radius 3 is 2.54 bits per heavy atom. The third-order valence-electron chi connectivity index (χ3n) is 7.44. The van der Waals surface area contributed by atoms with E-state index in [4.69, 9.17) is 0 Å². The van der Waals surface area contributed by atoms with Gasteiger partial charge in [0.15, 0.2) is 0 Å². The number of carbonyl (C=O) groups excluding carboxylic acids is 1. The molecule has 1 aromatic heterocycles. The summed E-state index contributed by atoms with van der Waals surface area (Å²) in [7, 11) is 0. The van der Waals surface area contributed by atoms with Crippen LogP contribution in [0.25, 0.3) is 0 Å². The van der Waals surface area contributed by atoms with E-state index < -0.39 is 0 Å². The summed E-state index contributed by atoms with van der Waals surface area (Å²) in [6.07, 6.45) is 12.0. The molecule has 24 heavy (non-hydrogen) atoms. The fourth-order valence-corrected chi connectivity index (χ4v) is 7.98. The van der Waals surface area contributed by atoms with E-state index in [1.165, 1.54) is 61.8 Å². The zero-order valence-electron chi connectivity index (χ0n) is 14.8. The Kier molecular flexibility index (Phi) is 3.59. The average molecular weight is 344 g/mol. The number of thiophene rings is 1. The number of carbonyl (C=O) groups is 1. The predicted molar refractivity (Wildman–Crippen MR) is 98.4 cm³/mol. The van der Waals surface area contributed by atoms with Crippen LogP contribution in [-0.4, -0.2) is 12.5 Å². The molecule has 130 valence electrons. The van der Waals surface area contributed by atoms with Gasteiger partial charge >= 0.3 is 0 Å². The van der Waals surface area contributed by atoms with E-state index in [1.54, 1.807) is 0 Å². The van der Waals surface area contributed by atoms with Crippen molar-refractivity contribution in [2.45, 2.75) is 64.7 Å². The standard InChI is InChI=1S/C21H29NOS/c1-13-2-3-17-18(11-24-19(17)4-13)20(23)22-12-21-8-14-5-15(9-21)7-16(6-14)10-21/h11,13-16H,2-10,12H2,1H3,(H,22,23)/t13-,14?,15?,16?,21?/m1/s1. The first kappa shape index (κ1) is 15.4. The number of hydrogen-bond donors (Lipinski definition) is 1. The maximum Gasteiger partial charge on any atom is 0.252 e. The molecule has 5 aliphatic rings. The molecular formula is C21H29NOS. The topological polar surface area (TPSA) is 29.1 Å². The van der Waals surface area contributed by atoms with Crippen molar-refractivity contribution in [2.75, 3.05) is 6.54 Å². The molecule has 1 amide bonds. The highest BCUT2D eigenvalue weighted by Crippen LogP contribution is 2.59. The summed E-state index contributed by atoms with van der Waals surface area (Å²) in [5, 5.41) is 5.49. The summed E-state index contributed by atoms with van der Waals surface area (Å²) in [6.45, 7) is 3.26. The first-order chi connectivity index (χ1) is 11.6. The molecule has 5 aliphatic carbocycles. The minimum absolute atomic E-state index is 0.206. The second kappa shape index (κ2) is 5.59. The van der Waals surface area contributed by atoms with E-state index in [0.29, 0.717) is 5.41 Å². The molecule has 1 heterocycles. The van der Waals surface area contributed by atoms with E-state index in [-0.39, 0.29) is 5.91 Å². The Morgan fingerprint density at radius 2 is 1.88 bits per heavy atom. The highest BCUT2D eigenvalue weighted by Gasteiger charge is 2.50. The molecular weight excluding hydrogens is 314 g/mol. The third-order valence-corrected chi connectivity index (χ3v) is 8.49. The smallest absolute Gasteiger partial charge is 0.252 e. The Morgan fingerprint density at radius 1 is 1.21 bits per heavy atom. The van der Waals surface area contributed by atoms with E-state index in [1.807, 2.05) is 11.3 Å². The van der Waals surface area contributed by atoms with Crippen molar-refractivity contribution in [2.24, 2.45) is 29.1 Å². The Hall–Kier alpha value is -0.830. The molecule has 0 aromatic carbocycles. The molecule has 0 unspecified atom stereocenters. The van der Waals surface area contributed by atoms with E-state index >= 15 is 0 Å². The Labute approximate surface area is 149 Å². The molecule has 3 heteroatoms. The van der Waals surface area contributed by atoms with E-state index in [9.17, 15) is 4.79 Å².